The van der Waals surface area contributed by atoms with Gasteiger partial charge in [-0.25, -0.2) is 4.79 Å². The number of ether oxygens (including phenoxy) is 1. The van der Waals surface area contributed by atoms with Crippen LogP contribution in [0.15, 0.2) is 6.07 Å². The lowest BCUT2D eigenvalue weighted by molar-refractivity contribution is -0.117. The van der Waals surface area contributed by atoms with Gasteiger partial charge in [0, 0.05) is 25.0 Å². The van der Waals surface area contributed by atoms with Crippen LogP contribution in [-0.4, -0.2) is 30.7 Å². The first-order valence-electron chi connectivity index (χ1n) is 5.56. The van der Waals surface area contributed by atoms with E-state index in [0.29, 0.717) is 18.0 Å². The first kappa shape index (κ1) is 14.7. The fraction of sp³-hybridized carbons (Fsp3) is 0.500. The minimum absolute atomic E-state index is 0.101. The highest BCUT2D eigenvalue weighted by Crippen LogP contribution is 2.27. The molecule has 1 atom stereocenters. The van der Waals surface area contributed by atoms with Crippen molar-refractivity contribution in [3.63, 3.8) is 0 Å². The van der Waals surface area contributed by atoms with Crippen LogP contribution in [0.5, 0.6) is 0 Å². The monoisotopic (exact) mass is 271 g/mol. The third-order valence-electron chi connectivity index (χ3n) is 2.32. The standard InChI is InChI=1S/C12H17NO4S/c1-7(6-17-3)4-10(14)13-11-9(12(15)16)5-8(2)18-11/h5,7H,4,6H2,1-3H3,(H,13,14)(H,15,16). The van der Waals surface area contributed by atoms with Gasteiger partial charge in [-0.1, -0.05) is 6.92 Å². The number of hydrogen-bond donors (Lipinski definition) is 2. The highest BCUT2D eigenvalue weighted by Gasteiger charge is 2.17. The molecule has 0 radical (unpaired) electrons. The van der Waals surface area contributed by atoms with Gasteiger partial charge in [-0.05, 0) is 18.9 Å². The average Bonchev–Trinajstić information content (AvgIpc) is 2.59. The van der Waals surface area contributed by atoms with Gasteiger partial charge in [-0.15, -0.1) is 11.3 Å². The summed E-state index contributed by atoms with van der Waals surface area (Å²) >= 11 is 1.27. The summed E-state index contributed by atoms with van der Waals surface area (Å²) in [5.41, 5.74) is 0.144. The van der Waals surface area contributed by atoms with Crippen LogP contribution >= 0.6 is 11.3 Å². The van der Waals surface area contributed by atoms with E-state index in [4.69, 9.17) is 9.84 Å². The molecule has 0 fully saturated rings. The summed E-state index contributed by atoms with van der Waals surface area (Å²) < 4.78 is 4.95. The number of carboxylic acid groups (broad SMARTS) is 1. The molecule has 1 heterocycles. The highest BCUT2D eigenvalue weighted by molar-refractivity contribution is 7.16. The number of carbonyl (C=O) groups is 2. The van der Waals surface area contributed by atoms with Crippen LogP contribution in [0.4, 0.5) is 5.00 Å². The van der Waals surface area contributed by atoms with E-state index >= 15 is 0 Å². The molecular weight excluding hydrogens is 254 g/mol. The first-order valence-corrected chi connectivity index (χ1v) is 6.38. The van der Waals surface area contributed by atoms with Crippen molar-refractivity contribution in [1.82, 2.24) is 0 Å². The molecule has 6 heteroatoms. The maximum atomic E-state index is 11.7. The maximum Gasteiger partial charge on any atom is 0.338 e. The van der Waals surface area contributed by atoms with Crippen molar-refractivity contribution in [2.75, 3.05) is 19.0 Å². The Kier molecular flexibility index (Phi) is 5.30. The van der Waals surface area contributed by atoms with E-state index in [2.05, 4.69) is 5.32 Å². The van der Waals surface area contributed by atoms with E-state index in [1.165, 1.54) is 11.3 Å². The Morgan fingerprint density at radius 3 is 2.78 bits per heavy atom. The molecule has 1 unspecified atom stereocenters. The van der Waals surface area contributed by atoms with Crippen LogP contribution in [-0.2, 0) is 9.53 Å². The second-order valence-corrected chi connectivity index (χ2v) is 5.47. The second kappa shape index (κ2) is 6.51. The predicted molar refractivity (Wildman–Crippen MR) is 70.3 cm³/mol. The summed E-state index contributed by atoms with van der Waals surface area (Å²) in [5, 5.41) is 12.0. The quantitative estimate of drug-likeness (QED) is 0.832. The molecule has 1 rings (SSSR count). The van der Waals surface area contributed by atoms with Crippen molar-refractivity contribution in [1.29, 1.82) is 0 Å². The SMILES string of the molecule is COCC(C)CC(=O)Nc1sc(C)cc1C(=O)O. The van der Waals surface area contributed by atoms with Crippen LogP contribution in [0.3, 0.4) is 0 Å². The Hall–Kier alpha value is -1.40. The molecule has 18 heavy (non-hydrogen) atoms. The van der Waals surface area contributed by atoms with Gasteiger partial charge < -0.3 is 15.2 Å². The number of aryl methyl sites for hydroxylation is 1. The normalized spacial score (nSPS) is 12.2. The summed E-state index contributed by atoms with van der Waals surface area (Å²) in [5.74, 6) is -1.12. The Morgan fingerprint density at radius 2 is 2.22 bits per heavy atom. The fourth-order valence-electron chi connectivity index (χ4n) is 1.60. The molecule has 0 aliphatic carbocycles. The second-order valence-electron chi connectivity index (χ2n) is 4.22. The Morgan fingerprint density at radius 1 is 1.56 bits per heavy atom. The van der Waals surface area contributed by atoms with Crippen LogP contribution in [0, 0.1) is 12.8 Å². The van der Waals surface area contributed by atoms with Gasteiger partial charge in [-0.2, -0.15) is 0 Å². The number of nitrogens with one attached hydrogen (secondary N) is 1. The molecular formula is C12H17NO4S. The number of rotatable bonds is 6. The number of aromatic carboxylic acids is 1. The Balaban J connectivity index is 2.67. The van der Waals surface area contributed by atoms with Crippen LogP contribution in [0.2, 0.25) is 0 Å². The summed E-state index contributed by atoms with van der Waals surface area (Å²) in [4.78, 5) is 23.6. The van der Waals surface area contributed by atoms with Crippen molar-refractivity contribution in [3.8, 4) is 0 Å². The minimum Gasteiger partial charge on any atom is -0.478 e. The van der Waals surface area contributed by atoms with Crippen molar-refractivity contribution in [2.24, 2.45) is 5.92 Å². The molecule has 0 aliphatic heterocycles. The van der Waals surface area contributed by atoms with E-state index in [1.54, 1.807) is 20.1 Å². The molecule has 1 aromatic heterocycles. The van der Waals surface area contributed by atoms with Crippen LogP contribution < -0.4 is 5.32 Å². The van der Waals surface area contributed by atoms with Crippen molar-refractivity contribution in [3.05, 3.63) is 16.5 Å². The van der Waals surface area contributed by atoms with Gasteiger partial charge in [-0.3, -0.25) is 4.79 Å². The molecule has 0 aliphatic rings. The fourth-order valence-corrected chi connectivity index (χ4v) is 2.52. The van der Waals surface area contributed by atoms with Gasteiger partial charge >= 0.3 is 5.97 Å². The smallest absolute Gasteiger partial charge is 0.338 e. The lowest BCUT2D eigenvalue weighted by atomic mass is 10.1. The van der Waals surface area contributed by atoms with Crippen molar-refractivity contribution >= 4 is 28.2 Å². The summed E-state index contributed by atoms with van der Waals surface area (Å²) in [6, 6.07) is 1.56. The number of hydrogen-bond acceptors (Lipinski definition) is 4. The Bertz CT molecular complexity index is 441. The third-order valence-corrected chi connectivity index (χ3v) is 3.29. The predicted octanol–water partition coefficient (Wildman–Crippen LogP) is 2.37. The molecule has 1 amide bonds. The molecule has 0 bridgehead atoms. The number of anilines is 1. The van der Waals surface area contributed by atoms with Gasteiger partial charge in [0.25, 0.3) is 0 Å². The van der Waals surface area contributed by atoms with Crippen molar-refractivity contribution in [2.45, 2.75) is 20.3 Å². The number of amides is 1. The number of methoxy groups -OCH3 is 1. The first-order chi connectivity index (χ1) is 8.43. The molecule has 0 saturated heterocycles. The molecule has 5 nitrogen and oxygen atoms in total. The van der Waals surface area contributed by atoms with E-state index in [1.807, 2.05) is 6.92 Å². The number of thiophene rings is 1. The van der Waals surface area contributed by atoms with Gasteiger partial charge in [0.2, 0.25) is 5.91 Å². The molecule has 0 saturated carbocycles. The molecule has 0 spiro atoms. The zero-order chi connectivity index (χ0) is 13.7. The van der Waals surface area contributed by atoms with Gasteiger partial charge in [0.1, 0.15) is 5.00 Å². The topological polar surface area (TPSA) is 75.6 Å². The molecule has 100 valence electrons. The maximum absolute atomic E-state index is 11.7. The summed E-state index contributed by atoms with van der Waals surface area (Å²) in [6.45, 7) is 4.21. The molecule has 0 aromatic carbocycles. The lowest BCUT2D eigenvalue weighted by Crippen LogP contribution is -2.18. The van der Waals surface area contributed by atoms with E-state index in [0.717, 1.165) is 4.88 Å². The van der Waals surface area contributed by atoms with E-state index in [9.17, 15) is 9.59 Å². The van der Waals surface area contributed by atoms with Crippen LogP contribution in [0.1, 0.15) is 28.6 Å². The number of carbonyl (C=O) groups excluding carboxylic acids is 1. The summed E-state index contributed by atoms with van der Waals surface area (Å²) in [6.07, 6.45) is 0.309. The minimum atomic E-state index is -1.03. The lowest BCUT2D eigenvalue weighted by Gasteiger charge is -2.09. The summed E-state index contributed by atoms with van der Waals surface area (Å²) in [7, 11) is 1.58. The zero-order valence-electron chi connectivity index (χ0n) is 10.6. The zero-order valence-corrected chi connectivity index (χ0v) is 11.5. The van der Waals surface area contributed by atoms with Gasteiger partial charge in [0.15, 0.2) is 0 Å². The highest BCUT2D eigenvalue weighted by atomic mass is 32.1. The van der Waals surface area contributed by atoms with Crippen LogP contribution in [0.25, 0.3) is 0 Å². The van der Waals surface area contributed by atoms with E-state index < -0.39 is 5.97 Å². The average molecular weight is 271 g/mol. The van der Waals surface area contributed by atoms with Gasteiger partial charge in [0.05, 0.1) is 5.56 Å². The Labute approximate surface area is 110 Å². The number of carboxylic acids is 1. The van der Waals surface area contributed by atoms with Crippen molar-refractivity contribution < 1.29 is 19.4 Å². The third kappa shape index (κ3) is 4.12. The van der Waals surface area contributed by atoms with E-state index in [-0.39, 0.29) is 17.4 Å². The largest absolute Gasteiger partial charge is 0.478 e. The molecule has 1 aromatic rings. The molecule has 2 N–H and O–H groups in total.